The molecule has 7 heteroatoms. The highest BCUT2D eigenvalue weighted by molar-refractivity contribution is 5.80. The lowest BCUT2D eigenvalue weighted by Crippen LogP contribution is -2.38. The first-order valence-electron chi connectivity index (χ1n) is 5.61. The van der Waals surface area contributed by atoms with Gasteiger partial charge in [0.2, 0.25) is 0 Å². The Morgan fingerprint density at radius 3 is 1.94 bits per heavy atom. The summed E-state index contributed by atoms with van der Waals surface area (Å²) in [5.74, 6) is 3.83. The van der Waals surface area contributed by atoms with Crippen molar-refractivity contribution in [2.75, 3.05) is 13.2 Å². The van der Waals surface area contributed by atoms with Crippen LogP contribution in [0.15, 0.2) is 0 Å². The third kappa shape index (κ3) is 4.68. The Bertz CT molecular complexity index is 259. The van der Waals surface area contributed by atoms with Crippen molar-refractivity contribution in [1.29, 1.82) is 0 Å². The van der Waals surface area contributed by atoms with Crippen LogP contribution in [-0.4, -0.2) is 42.4 Å². The largest absolute Gasteiger partial charge is 0.479 e. The molecule has 2 rings (SSSR count). The maximum Gasteiger partial charge on any atom is 0.332 e. The number of carbonyl (C=O) groups is 2. The number of hydrogen-bond donors (Lipinski definition) is 3. The van der Waals surface area contributed by atoms with Gasteiger partial charge in [0.25, 0.3) is 5.91 Å². The second-order valence-corrected chi connectivity index (χ2v) is 3.85. The summed E-state index contributed by atoms with van der Waals surface area (Å²) in [5, 5.41) is 8.29. The fraction of sp³-hybridized carbons (Fsp3) is 0.800. The maximum absolute atomic E-state index is 10.7. The predicted octanol–water partition coefficient (Wildman–Crippen LogP) is -0.595. The smallest absolute Gasteiger partial charge is 0.332 e. The van der Waals surface area contributed by atoms with Gasteiger partial charge in [0.15, 0.2) is 6.10 Å². The zero-order valence-electron chi connectivity index (χ0n) is 9.55. The van der Waals surface area contributed by atoms with E-state index in [1.54, 1.807) is 0 Å². The van der Waals surface area contributed by atoms with Gasteiger partial charge in [-0.2, -0.15) is 0 Å². The zero-order chi connectivity index (χ0) is 12.7. The number of carbonyl (C=O) groups excluding carboxylic acids is 1. The molecule has 2 aliphatic heterocycles. The van der Waals surface area contributed by atoms with Gasteiger partial charge in [0.1, 0.15) is 6.10 Å². The van der Waals surface area contributed by atoms with Gasteiger partial charge in [-0.15, -0.1) is 0 Å². The van der Waals surface area contributed by atoms with Crippen molar-refractivity contribution in [3.05, 3.63) is 0 Å². The van der Waals surface area contributed by atoms with Crippen molar-refractivity contribution >= 4 is 11.9 Å². The van der Waals surface area contributed by atoms with Gasteiger partial charge in [-0.25, -0.2) is 10.6 Å². The quantitative estimate of drug-likeness (QED) is 0.341. The third-order valence-electron chi connectivity index (χ3n) is 2.57. The highest BCUT2D eigenvalue weighted by Gasteiger charge is 2.22. The van der Waals surface area contributed by atoms with E-state index in [-0.39, 0.29) is 12.0 Å². The molecule has 2 fully saturated rings. The normalized spacial score (nSPS) is 27.1. The first kappa shape index (κ1) is 13.9. The molecule has 2 atom stereocenters. The molecule has 17 heavy (non-hydrogen) atoms. The molecule has 0 aromatic heterocycles. The molecule has 2 aliphatic rings. The number of ether oxygens (including phenoxy) is 2. The SMILES string of the molecule is NNC(=O)[C@@H]1CCCO1.O=C(O)[C@@H]1CCCO1. The van der Waals surface area contributed by atoms with Gasteiger partial charge in [-0.05, 0) is 25.7 Å². The molecule has 4 N–H and O–H groups in total. The van der Waals surface area contributed by atoms with Crippen LogP contribution < -0.4 is 11.3 Å². The fourth-order valence-corrected chi connectivity index (χ4v) is 1.65. The van der Waals surface area contributed by atoms with E-state index in [1.807, 2.05) is 5.43 Å². The molecule has 0 aromatic rings. The first-order chi connectivity index (χ1) is 8.15. The Morgan fingerprint density at radius 1 is 1.12 bits per heavy atom. The lowest BCUT2D eigenvalue weighted by Gasteiger charge is -2.04. The Morgan fingerprint density at radius 2 is 1.65 bits per heavy atom. The Kier molecular flexibility index (Phi) is 5.88. The molecule has 0 unspecified atom stereocenters. The average Bonchev–Trinajstić information content (AvgIpc) is 3.01. The fourth-order valence-electron chi connectivity index (χ4n) is 1.65. The van der Waals surface area contributed by atoms with Crippen LogP contribution in [0.25, 0.3) is 0 Å². The highest BCUT2D eigenvalue weighted by atomic mass is 16.5. The van der Waals surface area contributed by atoms with E-state index in [0.29, 0.717) is 19.6 Å². The van der Waals surface area contributed by atoms with Crippen molar-refractivity contribution in [3.8, 4) is 0 Å². The first-order valence-corrected chi connectivity index (χ1v) is 5.61. The Labute approximate surface area is 99.2 Å². The standard InChI is InChI=1S/C5H10N2O2.C5H8O3/c6-7-5(8)4-2-1-3-9-4;6-5(7)4-2-1-3-8-4/h4H,1-3,6H2,(H,7,8);4H,1-3H2,(H,6,7)/t2*4-/m00/s1. The number of nitrogens with one attached hydrogen (secondary N) is 1. The molecule has 0 radical (unpaired) electrons. The number of carboxylic acids is 1. The molecule has 0 bridgehead atoms. The summed E-state index contributed by atoms with van der Waals surface area (Å²) in [6.07, 6.45) is 2.50. The number of hydrazine groups is 1. The topological polar surface area (TPSA) is 111 Å². The monoisotopic (exact) mass is 246 g/mol. The lowest BCUT2D eigenvalue weighted by atomic mass is 10.2. The number of carboxylic acid groups (broad SMARTS) is 1. The minimum Gasteiger partial charge on any atom is -0.479 e. The Balaban J connectivity index is 0.000000171. The van der Waals surface area contributed by atoms with Crippen LogP contribution >= 0.6 is 0 Å². The lowest BCUT2D eigenvalue weighted by molar-refractivity contribution is -0.147. The minimum absolute atomic E-state index is 0.215. The van der Waals surface area contributed by atoms with Crippen LogP contribution in [0, 0.1) is 0 Å². The highest BCUT2D eigenvalue weighted by Crippen LogP contribution is 2.11. The van der Waals surface area contributed by atoms with Crippen molar-refractivity contribution in [3.63, 3.8) is 0 Å². The van der Waals surface area contributed by atoms with E-state index in [2.05, 4.69) is 0 Å². The van der Waals surface area contributed by atoms with Gasteiger partial charge in [-0.1, -0.05) is 0 Å². The van der Waals surface area contributed by atoms with Gasteiger partial charge in [-0.3, -0.25) is 10.2 Å². The van der Waals surface area contributed by atoms with Crippen LogP contribution in [0.5, 0.6) is 0 Å². The summed E-state index contributed by atoms with van der Waals surface area (Å²) in [6, 6.07) is 0. The molecule has 98 valence electrons. The van der Waals surface area contributed by atoms with Crippen LogP contribution in [0.3, 0.4) is 0 Å². The summed E-state index contributed by atoms with van der Waals surface area (Å²) in [7, 11) is 0. The van der Waals surface area contributed by atoms with Gasteiger partial charge >= 0.3 is 5.97 Å². The van der Waals surface area contributed by atoms with Gasteiger partial charge in [0, 0.05) is 13.2 Å². The van der Waals surface area contributed by atoms with Crippen molar-refractivity contribution in [2.45, 2.75) is 37.9 Å². The maximum atomic E-state index is 10.7. The molecule has 2 heterocycles. The van der Waals surface area contributed by atoms with Crippen molar-refractivity contribution in [1.82, 2.24) is 5.43 Å². The number of nitrogens with two attached hydrogens (primary N) is 1. The predicted molar refractivity (Wildman–Crippen MR) is 57.9 cm³/mol. The van der Waals surface area contributed by atoms with E-state index < -0.39 is 12.1 Å². The molecule has 1 amide bonds. The number of amides is 1. The van der Waals surface area contributed by atoms with Gasteiger partial charge < -0.3 is 14.6 Å². The number of rotatable bonds is 2. The van der Waals surface area contributed by atoms with E-state index in [9.17, 15) is 9.59 Å². The summed E-state index contributed by atoms with van der Waals surface area (Å²) < 4.78 is 9.83. The summed E-state index contributed by atoms with van der Waals surface area (Å²) in [4.78, 5) is 20.7. The second kappa shape index (κ2) is 7.21. The van der Waals surface area contributed by atoms with Crippen molar-refractivity contribution < 1.29 is 24.2 Å². The number of aliphatic carboxylic acids is 1. The summed E-state index contributed by atoms with van der Waals surface area (Å²) >= 11 is 0. The summed E-state index contributed by atoms with van der Waals surface area (Å²) in [6.45, 7) is 1.29. The van der Waals surface area contributed by atoms with Crippen LogP contribution in [0.2, 0.25) is 0 Å². The van der Waals surface area contributed by atoms with E-state index >= 15 is 0 Å². The van der Waals surface area contributed by atoms with Crippen LogP contribution in [0.4, 0.5) is 0 Å². The molecule has 0 aliphatic carbocycles. The summed E-state index contributed by atoms with van der Waals surface area (Å²) in [5.41, 5.74) is 2.04. The van der Waals surface area contributed by atoms with E-state index in [4.69, 9.17) is 20.4 Å². The zero-order valence-corrected chi connectivity index (χ0v) is 9.55. The van der Waals surface area contributed by atoms with Crippen LogP contribution in [-0.2, 0) is 19.1 Å². The molecule has 2 saturated heterocycles. The molecule has 0 aromatic carbocycles. The van der Waals surface area contributed by atoms with E-state index in [1.165, 1.54) is 0 Å². The molecule has 0 spiro atoms. The Hall–Kier alpha value is -1.18. The number of hydrogen-bond acceptors (Lipinski definition) is 5. The molecular formula is C10H18N2O5. The average molecular weight is 246 g/mol. The van der Waals surface area contributed by atoms with Crippen LogP contribution in [0.1, 0.15) is 25.7 Å². The molecule has 7 nitrogen and oxygen atoms in total. The minimum atomic E-state index is -0.831. The molecular weight excluding hydrogens is 228 g/mol. The van der Waals surface area contributed by atoms with E-state index in [0.717, 1.165) is 19.3 Å². The van der Waals surface area contributed by atoms with Crippen molar-refractivity contribution in [2.24, 2.45) is 5.84 Å². The third-order valence-corrected chi connectivity index (χ3v) is 2.57. The molecule has 0 saturated carbocycles. The van der Waals surface area contributed by atoms with Gasteiger partial charge in [0.05, 0.1) is 0 Å². The second-order valence-electron chi connectivity index (χ2n) is 3.85.